The monoisotopic (exact) mass is 305 g/mol. The van der Waals surface area contributed by atoms with Gasteiger partial charge in [0.15, 0.2) is 5.83 Å². The predicted molar refractivity (Wildman–Crippen MR) is 89.8 cm³/mol. The number of nitriles is 1. The van der Waals surface area contributed by atoms with Crippen LogP contribution in [0.5, 0.6) is 0 Å². The molecule has 0 aromatic heterocycles. The van der Waals surface area contributed by atoms with Crippen LogP contribution >= 0.6 is 0 Å². The van der Waals surface area contributed by atoms with E-state index >= 15 is 0 Å². The third-order valence-electron chi connectivity index (χ3n) is 6.15. The van der Waals surface area contributed by atoms with E-state index in [1.807, 2.05) is 0 Å². The second-order valence-corrected chi connectivity index (χ2v) is 7.59. The second-order valence-electron chi connectivity index (χ2n) is 7.59. The summed E-state index contributed by atoms with van der Waals surface area (Å²) in [4.78, 5) is 0. The molecule has 0 aromatic rings. The Kier molecular flexibility index (Phi) is 7.43. The fourth-order valence-corrected chi connectivity index (χ4v) is 4.80. The lowest BCUT2D eigenvalue weighted by molar-refractivity contribution is 0.141. The molecule has 0 N–H and O–H groups in total. The van der Waals surface area contributed by atoms with Crippen molar-refractivity contribution >= 4 is 0 Å². The molecular formula is C20H32FN. The van der Waals surface area contributed by atoms with Crippen LogP contribution in [0.3, 0.4) is 0 Å². The van der Waals surface area contributed by atoms with Crippen molar-refractivity contribution in [3.05, 3.63) is 11.9 Å². The molecule has 2 aliphatic carbocycles. The third kappa shape index (κ3) is 5.41. The number of nitrogens with zero attached hydrogens (tertiary/aromatic N) is 1. The molecule has 2 heteroatoms. The molecule has 22 heavy (non-hydrogen) atoms. The fourth-order valence-electron chi connectivity index (χ4n) is 4.80. The Hall–Kier alpha value is -0.840. The van der Waals surface area contributed by atoms with Gasteiger partial charge in [-0.25, -0.2) is 0 Å². The Labute approximate surface area is 136 Å². The van der Waals surface area contributed by atoms with E-state index in [-0.39, 0.29) is 0 Å². The average molecular weight is 305 g/mol. The van der Waals surface area contributed by atoms with E-state index < -0.39 is 5.83 Å². The highest BCUT2D eigenvalue weighted by molar-refractivity contribution is 5.11. The molecule has 0 saturated heterocycles. The second kappa shape index (κ2) is 9.33. The summed E-state index contributed by atoms with van der Waals surface area (Å²) in [6.07, 6.45) is 17.3. The Morgan fingerprint density at radius 1 is 0.955 bits per heavy atom. The lowest BCUT2D eigenvalue weighted by Gasteiger charge is -2.38. The number of halogens is 1. The zero-order chi connectivity index (χ0) is 15.8. The first-order chi connectivity index (χ1) is 10.7. The van der Waals surface area contributed by atoms with Crippen LogP contribution in [-0.2, 0) is 0 Å². The molecule has 0 unspecified atom stereocenters. The van der Waals surface area contributed by atoms with Crippen molar-refractivity contribution in [2.75, 3.05) is 0 Å². The SMILES string of the molecule is CCC[C@H]1CC[C@H](C2CCC(CCC=C(F)C#N)CC2)CC1. The lowest BCUT2D eigenvalue weighted by atomic mass is 9.68. The highest BCUT2D eigenvalue weighted by atomic mass is 19.1. The first-order valence-electron chi connectivity index (χ1n) is 9.48. The maximum atomic E-state index is 12.8. The molecule has 0 bridgehead atoms. The van der Waals surface area contributed by atoms with Crippen molar-refractivity contribution in [2.24, 2.45) is 23.7 Å². The maximum absolute atomic E-state index is 12.8. The summed E-state index contributed by atoms with van der Waals surface area (Å²) in [5.74, 6) is 3.11. The van der Waals surface area contributed by atoms with Crippen LogP contribution in [0.15, 0.2) is 11.9 Å². The molecule has 0 heterocycles. The number of hydrogen-bond acceptors (Lipinski definition) is 1. The van der Waals surface area contributed by atoms with Crippen LogP contribution in [0.2, 0.25) is 0 Å². The lowest BCUT2D eigenvalue weighted by Crippen LogP contribution is -2.25. The fraction of sp³-hybridized carbons (Fsp3) is 0.850. The molecule has 0 radical (unpaired) electrons. The average Bonchev–Trinajstić information content (AvgIpc) is 2.56. The van der Waals surface area contributed by atoms with E-state index in [2.05, 4.69) is 6.92 Å². The minimum absolute atomic E-state index is 0.613. The molecule has 2 rings (SSSR count). The van der Waals surface area contributed by atoms with Gasteiger partial charge in [0, 0.05) is 0 Å². The van der Waals surface area contributed by atoms with Crippen molar-refractivity contribution in [3.8, 4) is 6.07 Å². The van der Waals surface area contributed by atoms with Crippen LogP contribution in [0.1, 0.15) is 84.0 Å². The molecule has 0 atom stereocenters. The largest absolute Gasteiger partial charge is 0.196 e. The van der Waals surface area contributed by atoms with Crippen molar-refractivity contribution < 1.29 is 4.39 Å². The summed E-state index contributed by atoms with van der Waals surface area (Å²) in [6, 6.07) is 1.56. The van der Waals surface area contributed by atoms with Gasteiger partial charge in [-0.15, -0.1) is 0 Å². The third-order valence-corrected chi connectivity index (χ3v) is 6.15. The van der Waals surface area contributed by atoms with Gasteiger partial charge in [0.05, 0.1) is 0 Å². The van der Waals surface area contributed by atoms with Gasteiger partial charge in [-0.3, -0.25) is 0 Å². The zero-order valence-corrected chi connectivity index (χ0v) is 14.2. The molecule has 0 amide bonds. The van der Waals surface area contributed by atoms with E-state index in [9.17, 15) is 4.39 Å². The number of hydrogen-bond donors (Lipinski definition) is 0. The van der Waals surface area contributed by atoms with Gasteiger partial charge < -0.3 is 0 Å². The van der Waals surface area contributed by atoms with Gasteiger partial charge in [-0.2, -0.15) is 9.65 Å². The van der Waals surface area contributed by atoms with Gasteiger partial charge in [0.1, 0.15) is 6.07 Å². The maximum Gasteiger partial charge on any atom is 0.196 e. The zero-order valence-electron chi connectivity index (χ0n) is 14.2. The smallest absolute Gasteiger partial charge is 0.195 e. The summed E-state index contributed by atoms with van der Waals surface area (Å²) in [5.41, 5.74) is 0. The van der Waals surface area contributed by atoms with Crippen LogP contribution in [0, 0.1) is 35.0 Å². The standard InChI is InChI=1S/C20H32FN/c1-2-4-16-7-11-18(12-8-16)19-13-9-17(10-14-19)5-3-6-20(21)15-22/h6,16-19H,2-5,7-14H2,1H3/t16-,17?,18-,19?. The van der Waals surface area contributed by atoms with Crippen molar-refractivity contribution in [1.29, 1.82) is 5.26 Å². The van der Waals surface area contributed by atoms with Gasteiger partial charge in [0.25, 0.3) is 0 Å². The minimum Gasteiger partial charge on any atom is -0.195 e. The quantitative estimate of drug-likeness (QED) is 0.510. The highest BCUT2D eigenvalue weighted by Crippen LogP contribution is 2.42. The summed E-state index contributed by atoms with van der Waals surface area (Å²) in [5, 5.41) is 8.41. The van der Waals surface area contributed by atoms with Crippen molar-refractivity contribution in [1.82, 2.24) is 0 Å². The van der Waals surface area contributed by atoms with E-state index in [4.69, 9.17) is 5.26 Å². The molecule has 1 nitrogen and oxygen atoms in total. The van der Waals surface area contributed by atoms with Gasteiger partial charge in [-0.05, 0) is 68.3 Å². The molecule has 124 valence electrons. The minimum atomic E-state index is -0.613. The summed E-state index contributed by atoms with van der Waals surface area (Å²) in [7, 11) is 0. The molecule has 0 spiro atoms. The highest BCUT2D eigenvalue weighted by Gasteiger charge is 2.30. The van der Waals surface area contributed by atoms with Gasteiger partial charge in [0.2, 0.25) is 0 Å². The summed E-state index contributed by atoms with van der Waals surface area (Å²) in [6.45, 7) is 2.31. The number of rotatable bonds is 6. The molecule has 0 aliphatic heterocycles. The molecule has 0 aromatic carbocycles. The Morgan fingerprint density at radius 3 is 1.91 bits per heavy atom. The molecule has 2 saturated carbocycles. The summed E-state index contributed by atoms with van der Waals surface area (Å²) >= 11 is 0. The first-order valence-corrected chi connectivity index (χ1v) is 9.48. The van der Waals surface area contributed by atoms with E-state index in [1.165, 1.54) is 70.3 Å². The topological polar surface area (TPSA) is 23.8 Å². The van der Waals surface area contributed by atoms with Crippen LogP contribution < -0.4 is 0 Å². The first kappa shape index (κ1) is 17.5. The molecular weight excluding hydrogens is 273 g/mol. The van der Waals surface area contributed by atoms with Crippen LogP contribution in [0.25, 0.3) is 0 Å². The van der Waals surface area contributed by atoms with Crippen LogP contribution in [-0.4, -0.2) is 0 Å². The van der Waals surface area contributed by atoms with Crippen LogP contribution in [0.4, 0.5) is 4.39 Å². The van der Waals surface area contributed by atoms with E-state index in [0.29, 0.717) is 0 Å². The van der Waals surface area contributed by atoms with Gasteiger partial charge >= 0.3 is 0 Å². The summed E-state index contributed by atoms with van der Waals surface area (Å²) < 4.78 is 12.8. The molecule has 2 aliphatic rings. The van der Waals surface area contributed by atoms with Crippen molar-refractivity contribution in [2.45, 2.75) is 84.0 Å². The number of allylic oxidation sites excluding steroid dienone is 2. The van der Waals surface area contributed by atoms with E-state index in [1.54, 1.807) is 6.07 Å². The Morgan fingerprint density at radius 2 is 1.45 bits per heavy atom. The predicted octanol–water partition coefficient (Wildman–Crippen LogP) is 6.56. The Balaban J connectivity index is 1.64. The normalized spacial score (nSPS) is 33.4. The Bertz CT molecular complexity index is 379. The van der Waals surface area contributed by atoms with Crippen molar-refractivity contribution in [3.63, 3.8) is 0 Å². The van der Waals surface area contributed by atoms with E-state index in [0.717, 1.165) is 36.5 Å². The molecule has 2 fully saturated rings. The van der Waals surface area contributed by atoms with Gasteiger partial charge in [-0.1, -0.05) is 45.4 Å².